The molecule has 0 aliphatic rings. The highest BCUT2D eigenvalue weighted by Crippen LogP contribution is 2.24. The van der Waals surface area contributed by atoms with Gasteiger partial charge in [0.05, 0.1) is 0 Å². The lowest BCUT2D eigenvalue weighted by atomic mass is 10.3. The summed E-state index contributed by atoms with van der Waals surface area (Å²) in [5.41, 5.74) is 0. The van der Waals surface area contributed by atoms with Gasteiger partial charge in [-0.3, -0.25) is 4.72 Å². The van der Waals surface area contributed by atoms with Crippen LogP contribution in [0.4, 0.5) is 5.13 Å². The average Bonchev–Trinajstić information content (AvgIpc) is 3.05. The third-order valence-electron chi connectivity index (χ3n) is 2.53. The van der Waals surface area contributed by atoms with E-state index < -0.39 is 10.0 Å². The van der Waals surface area contributed by atoms with Gasteiger partial charge in [0.1, 0.15) is 4.21 Å². The summed E-state index contributed by atoms with van der Waals surface area (Å²) in [6.45, 7) is 3.98. The van der Waals surface area contributed by atoms with E-state index in [9.17, 15) is 8.42 Å². The molecule has 2 aromatic rings. The highest BCUT2D eigenvalue weighted by Gasteiger charge is 2.17. The number of hydrogen-bond donors (Lipinski definition) is 2. The third kappa shape index (κ3) is 4.27. The Morgan fingerprint density at radius 3 is 2.85 bits per heavy atom. The Kier molecular flexibility index (Phi) is 5.53. The van der Waals surface area contributed by atoms with Gasteiger partial charge in [-0.1, -0.05) is 6.92 Å². The van der Waals surface area contributed by atoms with E-state index in [1.165, 1.54) is 22.7 Å². The van der Waals surface area contributed by atoms with Crippen molar-refractivity contribution in [2.75, 3.05) is 17.8 Å². The van der Waals surface area contributed by atoms with Crippen LogP contribution in [0.15, 0.2) is 27.9 Å². The molecular weight excluding hydrogens is 314 g/mol. The molecule has 0 amide bonds. The van der Waals surface area contributed by atoms with Crippen molar-refractivity contribution in [3.8, 4) is 0 Å². The molecule has 5 nitrogen and oxygen atoms in total. The summed E-state index contributed by atoms with van der Waals surface area (Å²) in [6, 6.07) is 3.52. The summed E-state index contributed by atoms with van der Waals surface area (Å²) >= 11 is 2.57. The van der Waals surface area contributed by atoms with Gasteiger partial charge in [-0.05, 0) is 38.1 Å². The van der Waals surface area contributed by atoms with Crippen molar-refractivity contribution in [2.45, 2.75) is 24.0 Å². The first kappa shape index (κ1) is 15.4. The van der Waals surface area contributed by atoms with Crippen LogP contribution in [0.3, 0.4) is 0 Å². The molecule has 20 heavy (non-hydrogen) atoms. The van der Waals surface area contributed by atoms with E-state index in [2.05, 4.69) is 21.9 Å². The number of thiophene rings is 1. The van der Waals surface area contributed by atoms with Crippen LogP contribution in [0.1, 0.15) is 18.2 Å². The third-order valence-corrected chi connectivity index (χ3v) is 6.32. The zero-order valence-corrected chi connectivity index (χ0v) is 13.6. The molecule has 0 unspecified atom stereocenters. The zero-order chi connectivity index (χ0) is 14.4. The predicted octanol–water partition coefficient (Wildman–Crippen LogP) is 2.55. The standard InChI is InChI=1S/C12H17N3O2S3/c1-2-6-13-7-5-10-3-4-11(19-10)20(16,17)15-12-14-8-9-18-12/h3-4,8-9,13H,2,5-7H2,1H3,(H,14,15). The van der Waals surface area contributed by atoms with Crippen molar-refractivity contribution in [3.05, 3.63) is 28.6 Å². The molecule has 2 rings (SSSR count). The summed E-state index contributed by atoms with van der Waals surface area (Å²) < 4.78 is 27.1. The lowest BCUT2D eigenvalue weighted by molar-refractivity contribution is 0.603. The molecular formula is C12H17N3O2S3. The molecule has 2 N–H and O–H groups in total. The molecule has 8 heteroatoms. The Morgan fingerprint density at radius 2 is 2.15 bits per heavy atom. The second kappa shape index (κ2) is 7.16. The van der Waals surface area contributed by atoms with Gasteiger partial charge in [-0.2, -0.15) is 0 Å². The molecule has 0 aliphatic heterocycles. The van der Waals surface area contributed by atoms with Crippen LogP contribution in [0.25, 0.3) is 0 Å². The molecule has 2 aromatic heterocycles. The Labute approximate surface area is 127 Å². The van der Waals surface area contributed by atoms with Crippen molar-refractivity contribution < 1.29 is 8.42 Å². The minimum atomic E-state index is -3.50. The van der Waals surface area contributed by atoms with E-state index >= 15 is 0 Å². The maximum Gasteiger partial charge on any atom is 0.273 e. The van der Waals surface area contributed by atoms with Gasteiger partial charge in [-0.15, -0.1) is 22.7 Å². The van der Waals surface area contributed by atoms with Crippen molar-refractivity contribution in [3.63, 3.8) is 0 Å². The van der Waals surface area contributed by atoms with Gasteiger partial charge in [0, 0.05) is 16.5 Å². The fourth-order valence-electron chi connectivity index (χ4n) is 1.59. The molecule has 0 spiro atoms. The first-order valence-corrected chi connectivity index (χ1v) is 9.51. The average molecular weight is 331 g/mol. The predicted molar refractivity (Wildman–Crippen MR) is 84.1 cm³/mol. The van der Waals surface area contributed by atoms with Crippen LogP contribution in [0.5, 0.6) is 0 Å². The van der Waals surface area contributed by atoms with E-state index in [0.717, 1.165) is 30.8 Å². The van der Waals surface area contributed by atoms with Crippen LogP contribution in [-0.2, 0) is 16.4 Å². The van der Waals surface area contributed by atoms with Gasteiger partial charge >= 0.3 is 0 Å². The van der Waals surface area contributed by atoms with Crippen LogP contribution in [0, 0.1) is 0 Å². The number of hydrogen-bond acceptors (Lipinski definition) is 6. The van der Waals surface area contributed by atoms with E-state index in [-0.39, 0.29) is 0 Å². The second-order valence-electron chi connectivity index (χ2n) is 4.16. The summed E-state index contributed by atoms with van der Waals surface area (Å²) in [4.78, 5) is 4.99. The quantitative estimate of drug-likeness (QED) is 0.729. The zero-order valence-electron chi connectivity index (χ0n) is 11.1. The number of nitrogens with zero attached hydrogens (tertiary/aromatic N) is 1. The molecule has 0 saturated heterocycles. The molecule has 0 atom stereocenters. The highest BCUT2D eigenvalue weighted by atomic mass is 32.2. The lowest BCUT2D eigenvalue weighted by Gasteiger charge is -2.02. The lowest BCUT2D eigenvalue weighted by Crippen LogP contribution is -2.17. The van der Waals surface area contributed by atoms with Crippen molar-refractivity contribution in [1.29, 1.82) is 0 Å². The van der Waals surface area contributed by atoms with E-state index in [1.807, 2.05) is 6.07 Å². The first-order chi connectivity index (χ1) is 9.62. The van der Waals surface area contributed by atoms with E-state index in [1.54, 1.807) is 17.6 Å². The topological polar surface area (TPSA) is 71.1 Å². The normalized spacial score (nSPS) is 11.7. The number of rotatable bonds is 8. The molecule has 0 bridgehead atoms. The number of sulfonamides is 1. The first-order valence-electron chi connectivity index (χ1n) is 6.33. The van der Waals surface area contributed by atoms with Gasteiger partial charge in [0.2, 0.25) is 0 Å². The van der Waals surface area contributed by atoms with E-state index in [4.69, 9.17) is 0 Å². The fourth-order valence-corrected chi connectivity index (χ4v) is 4.73. The largest absolute Gasteiger partial charge is 0.316 e. The molecule has 0 radical (unpaired) electrons. The Morgan fingerprint density at radius 1 is 1.30 bits per heavy atom. The van der Waals surface area contributed by atoms with E-state index in [0.29, 0.717) is 9.34 Å². The van der Waals surface area contributed by atoms with Crippen LogP contribution >= 0.6 is 22.7 Å². The maximum absolute atomic E-state index is 12.1. The minimum absolute atomic E-state index is 0.332. The molecule has 110 valence electrons. The summed E-state index contributed by atoms with van der Waals surface area (Å²) in [7, 11) is -3.50. The molecule has 0 saturated carbocycles. The smallest absolute Gasteiger partial charge is 0.273 e. The van der Waals surface area contributed by atoms with Crippen LogP contribution < -0.4 is 10.0 Å². The molecule has 0 aliphatic carbocycles. The van der Waals surface area contributed by atoms with Crippen molar-refractivity contribution in [1.82, 2.24) is 10.3 Å². The maximum atomic E-state index is 12.1. The Bertz CT molecular complexity index is 620. The number of thiazole rings is 1. The van der Waals surface area contributed by atoms with Crippen LogP contribution in [0.2, 0.25) is 0 Å². The summed E-state index contributed by atoms with van der Waals surface area (Å²) in [6.07, 6.45) is 3.51. The molecule has 0 aromatic carbocycles. The van der Waals surface area contributed by atoms with Gasteiger partial charge in [0.15, 0.2) is 5.13 Å². The van der Waals surface area contributed by atoms with Gasteiger partial charge in [-0.25, -0.2) is 13.4 Å². The monoisotopic (exact) mass is 331 g/mol. The molecule has 0 fully saturated rings. The molecule has 2 heterocycles. The van der Waals surface area contributed by atoms with Crippen LogP contribution in [-0.4, -0.2) is 26.5 Å². The Balaban J connectivity index is 1.97. The summed E-state index contributed by atoms with van der Waals surface area (Å²) in [5.74, 6) is 0. The van der Waals surface area contributed by atoms with Gasteiger partial charge < -0.3 is 5.32 Å². The number of aromatic nitrogens is 1. The second-order valence-corrected chi connectivity index (χ2v) is 8.14. The SMILES string of the molecule is CCCNCCc1ccc(S(=O)(=O)Nc2nccs2)s1. The van der Waals surface area contributed by atoms with Crippen molar-refractivity contribution in [2.24, 2.45) is 0 Å². The number of anilines is 1. The van der Waals surface area contributed by atoms with Crippen molar-refractivity contribution >= 4 is 37.8 Å². The summed E-state index contributed by atoms with van der Waals surface area (Å²) in [5, 5.41) is 5.43. The number of nitrogens with one attached hydrogen (secondary N) is 2. The van der Waals surface area contributed by atoms with Gasteiger partial charge in [0.25, 0.3) is 10.0 Å². The fraction of sp³-hybridized carbons (Fsp3) is 0.417. The Hall–Kier alpha value is -0.960. The minimum Gasteiger partial charge on any atom is -0.316 e. The highest BCUT2D eigenvalue weighted by molar-refractivity contribution is 7.94.